The first-order chi connectivity index (χ1) is 13.0. The summed E-state index contributed by atoms with van der Waals surface area (Å²) in [6, 6.07) is 7.83. The van der Waals surface area contributed by atoms with Crippen molar-refractivity contribution in [2.75, 3.05) is 0 Å². The van der Waals surface area contributed by atoms with E-state index in [0.717, 1.165) is 11.4 Å². The minimum atomic E-state index is -0.301. The van der Waals surface area contributed by atoms with E-state index in [1.54, 1.807) is 45.9 Å². The summed E-state index contributed by atoms with van der Waals surface area (Å²) in [5.74, 6) is 0.116. The van der Waals surface area contributed by atoms with Crippen LogP contribution in [0.4, 0.5) is 4.39 Å². The molecule has 1 aromatic carbocycles. The van der Waals surface area contributed by atoms with Crippen molar-refractivity contribution < 1.29 is 13.8 Å². The smallest absolute Gasteiger partial charge is 0.330 e. The van der Waals surface area contributed by atoms with E-state index in [0.29, 0.717) is 28.7 Å². The van der Waals surface area contributed by atoms with Gasteiger partial charge in [-0.25, -0.2) is 9.07 Å². The van der Waals surface area contributed by atoms with E-state index in [9.17, 15) is 9.18 Å². The molecule has 3 heterocycles. The summed E-state index contributed by atoms with van der Waals surface area (Å²) < 4.78 is 16.4. The number of rotatable bonds is 5. The number of nitrogens with zero attached hydrogens (tertiary/aromatic N) is 4. The van der Waals surface area contributed by atoms with Crippen LogP contribution in [0.1, 0.15) is 19.0 Å². The van der Waals surface area contributed by atoms with Crippen LogP contribution in [0, 0.1) is 5.82 Å². The first kappa shape index (κ1) is 17.4. The molecule has 1 amide bonds. The minimum Gasteiger partial charge on any atom is -0.343 e. The summed E-state index contributed by atoms with van der Waals surface area (Å²) in [4.78, 5) is 17.2. The van der Waals surface area contributed by atoms with Crippen LogP contribution in [0.3, 0.4) is 0 Å². The number of allylic oxidation sites excluding steroid dienone is 2. The van der Waals surface area contributed by atoms with Crippen LogP contribution < -0.4 is 5.32 Å². The van der Waals surface area contributed by atoms with Gasteiger partial charge in [-0.05, 0) is 35.3 Å². The second kappa shape index (κ2) is 6.92. The Morgan fingerprint density at radius 2 is 2.07 bits per heavy atom. The van der Waals surface area contributed by atoms with Crippen molar-refractivity contribution in [2.45, 2.75) is 19.9 Å². The Kier molecular flexibility index (Phi) is 4.45. The number of hydrogen-bond donors (Lipinski definition) is 1. The number of aromatic nitrogens is 2. The van der Waals surface area contributed by atoms with Crippen LogP contribution in [0.5, 0.6) is 0 Å². The number of fused-ring (bicyclic) bond motifs is 1. The number of aliphatic imine (C=N–C) groups is 1. The van der Waals surface area contributed by atoms with E-state index in [-0.39, 0.29) is 18.3 Å². The molecule has 8 heteroatoms. The van der Waals surface area contributed by atoms with E-state index in [1.165, 1.54) is 12.1 Å². The van der Waals surface area contributed by atoms with Crippen LogP contribution in [0.2, 0.25) is 0 Å². The zero-order chi connectivity index (χ0) is 19.0. The van der Waals surface area contributed by atoms with Crippen LogP contribution in [0.25, 0.3) is 5.69 Å². The number of amides is 1. The third kappa shape index (κ3) is 3.33. The first-order valence-corrected chi connectivity index (χ1v) is 8.85. The summed E-state index contributed by atoms with van der Waals surface area (Å²) in [6.45, 7) is 2.21. The van der Waals surface area contributed by atoms with Gasteiger partial charge in [-0.1, -0.05) is 18.5 Å². The van der Waals surface area contributed by atoms with Gasteiger partial charge in [-0.2, -0.15) is 9.67 Å². The van der Waals surface area contributed by atoms with Gasteiger partial charge in [0.1, 0.15) is 12.0 Å². The standard InChI is InChI=1S/C19H15ClFN5O/c1-2-16-18(25-11-12(20)9-17(25)23-16)19(27)22-10-14-7-8-26(24-14)15-5-3-13(21)4-6-15/h3-9,11H,2,10H2,1H3/p+1. The largest absolute Gasteiger partial charge is 0.343 e. The predicted octanol–water partition coefficient (Wildman–Crippen LogP) is 2.88. The van der Waals surface area contributed by atoms with Gasteiger partial charge in [0.05, 0.1) is 29.0 Å². The van der Waals surface area contributed by atoms with E-state index >= 15 is 0 Å². The summed E-state index contributed by atoms with van der Waals surface area (Å²) in [6.07, 6.45) is 5.81. The fraction of sp³-hybridized carbons (Fsp3) is 0.158. The Hall–Kier alpha value is -3.06. The SMILES string of the molecule is CCC1=NC2=CC(Cl)=C[N+]2=C1C(=O)NCc1ccn(-c2ccc(F)cc2)n1. The number of nitrogens with one attached hydrogen (secondary N) is 1. The molecule has 0 saturated carbocycles. The predicted molar refractivity (Wildman–Crippen MR) is 100 cm³/mol. The maximum Gasteiger partial charge on any atom is 0.330 e. The van der Waals surface area contributed by atoms with Gasteiger partial charge in [0, 0.05) is 12.6 Å². The van der Waals surface area contributed by atoms with Crippen molar-refractivity contribution in [3.63, 3.8) is 0 Å². The molecule has 27 heavy (non-hydrogen) atoms. The van der Waals surface area contributed by atoms with Crippen molar-refractivity contribution in [2.24, 2.45) is 4.99 Å². The maximum atomic E-state index is 13.0. The summed E-state index contributed by atoms with van der Waals surface area (Å²) in [5, 5.41) is 7.82. The number of halogens is 2. The second-order valence-electron chi connectivity index (χ2n) is 6.06. The lowest BCUT2D eigenvalue weighted by molar-refractivity contribution is -0.391. The fourth-order valence-electron chi connectivity index (χ4n) is 2.95. The van der Waals surface area contributed by atoms with Gasteiger partial charge in [0.15, 0.2) is 0 Å². The molecule has 136 valence electrons. The number of hydrogen-bond acceptors (Lipinski definition) is 3. The fourth-order valence-corrected chi connectivity index (χ4v) is 3.15. The topological polar surface area (TPSA) is 62.3 Å². The van der Waals surface area contributed by atoms with Crippen molar-refractivity contribution in [1.29, 1.82) is 0 Å². The molecule has 0 saturated heterocycles. The van der Waals surface area contributed by atoms with E-state index in [4.69, 9.17) is 11.6 Å². The zero-order valence-electron chi connectivity index (χ0n) is 14.5. The van der Waals surface area contributed by atoms with Gasteiger partial charge in [-0.3, -0.25) is 4.79 Å². The molecule has 6 nitrogen and oxygen atoms in total. The second-order valence-corrected chi connectivity index (χ2v) is 6.49. The molecule has 0 aliphatic carbocycles. The Morgan fingerprint density at radius 3 is 2.81 bits per heavy atom. The lowest BCUT2D eigenvalue weighted by Gasteiger charge is -2.04. The van der Waals surface area contributed by atoms with Crippen molar-refractivity contribution in [3.8, 4) is 5.69 Å². The molecular weight excluding hydrogens is 369 g/mol. The van der Waals surface area contributed by atoms with E-state index in [1.807, 2.05) is 6.92 Å². The van der Waals surface area contributed by atoms with Crippen molar-refractivity contribution in [1.82, 2.24) is 15.1 Å². The van der Waals surface area contributed by atoms with Crippen molar-refractivity contribution in [3.05, 3.63) is 71.2 Å². The molecule has 2 aliphatic heterocycles. The minimum absolute atomic E-state index is 0.238. The van der Waals surface area contributed by atoms with Crippen LogP contribution >= 0.6 is 11.6 Å². The molecule has 0 spiro atoms. The highest BCUT2D eigenvalue weighted by Gasteiger charge is 2.38. The Morgan fingerprint density at radius 1 is 1.30 bits per heavy atom. The quantitative estimate of drug-likeness (QED) is 0.806. The highest BCUT2D eigenvalue weighted by atomic mass is 35.5. The molecule has 4 rings (SSSR count). The third-order valence-corrected chi connectivity index (χ3v) is 4.45. The van der Waals surface area contributed by atoms with Crippen LogP contribution in [-0.4, -0.2) is 31.7 Å². The van der Waals surface area contributed by atoms with Gasteiger partial charge in [0.25, 0.3) is 5.91 Å². The van der Waals surface area contributed by atoms with Gasteiger partial charge < -0.3 is 5.32 Å². The Labute approximate surface area is 160 Å². The molecule has 1 aromatic heterocycles. The monoisotopic (exact) mass is 384 g/mol. The molecule has 0 radical (unpaired) electrons. The number of carbonyl (C=O) groups is 1. The van der Waals surface area contributed by atoms with Gasteiger partial charge >= 0.3 is 5.82 Å². The van der Waals surface area contributed by atoms with Crippen LogP contribution in [-0.2, 0) is 11.3 Å². The zero-order valence-corrected chi connectivity index (χ0v) is 15.2. The molecule has 2 aromatic rings. The number of carbonyl (C=O) groups excluding carboxylic acids is 1. The molecule has 0 atom stereocenters. The van der Waals surface area contributed by atoms with E-state index in [2.05, 4.69) is 15.4 Å². The molecular formula is C19H16ClFN5O+. The highest BCUT2D eigenvalue weighted by Crippen LogP contribution is 2.23. The highest BCUT2D eigenvalue weighted by molar-refractivity contribution is 6.66. The normalized spacial score (nSPS) is 15.4. The lowest BCUT2D eigenvalue weighted by atomic mass is 10.1. The molecule has 0 bridgehead atoms. The Bertz CT molecular complexity index is 1050. The lowest BCUT2D eigenvalue weighted by Crippen LogP contribution is -2.37. The molecule has 0 fully saturated rings. The third-order valence-electron chi connectivity index (χ3n) is 4.25. The summed E-state index contributed by atoms with van der Waals surface area (Å²) >= 11 is 6.01. The number of benzene rings is 1. The van der Waals surface area contributed by atoms with Crippen molar-refractivity contribution >= 4 is 28.9 Å². The van der Waals surface area contributed by atoms with Gasteiger partial charge in [0.2, 0.25) is 11.4 Å². The maximum absolute atomic E-state index is 13.0. The summed E-state index contributed by atoms with van der Waals surface area (Å²) in [7, 11) is 0. The van der Waals surface area contributed by atoms with Crippen LogP contribution in [0.15, 0.2) is 64.7 Å². The molecule has 2 aliphatic rings. The first-order valence-electron chi connectivity index (χ1n) is 8.47. The summed E-state index contributed by atoms with van der Waals surface area (Å²) in [5.41, 5.74) is 2.63. The Balaban J connectivity index is 1.48. The molecule has 1 N–H and O–H groups in total. The van der Waals surface area contributed by atoms with E-state index < -0.39 is 0 Å². The average Bonchev–Trinajstić information content (AvgIpc) is 3.34. The average molecular weight is 385 g/mol. The molecule has 0 unspecified atom stereocenters. The van der Waals surface area contributed by atoms with Gasteiger partial charge in [-0.15, -0.1) is 0 Å².